The molecule has 1 aliphatic rings. The van der Waals surface area contributed by atoms with Crippen LogP contribution in [0.25, 0.3) is 6.08 Å². The second-order valence-corrected chi connectivity index (χ2v) is 6.74. The molecule has 1 aliphatic carbocycles. The van der Waals surface area contributed by atoms with Crippen LogP contribution in [0.1, 0.15) is 35.4 Å². The van der Waals surface area contributed by atoms with E-state index in [1.807, 2.05) is 31.2 Å². The minimum Gasteiger partial charge on any atom is -0.351 e. The lowest BCUT2D eigenvalue weighted by atomic mass is 9.96. The zero-order valence-corrected chi connectivity index (χ0v) is 14.9. The van der Waals surface area contributed by atoms with E-state index in [1.165, 1.54) is 5.56 Å². The summed E-state index contributed by atoms with van der Waals surface area (Å²) in [6.07, 6.45) is 3.62. The van der Waals surface area contributed by atoms with Crippen molar-refractivity contribution in [2.24, 2.45) is 7.05 Å². The molecule has 1 amide bonds. The molecule has 2 aromatic rings. The highest BCUT2D eigenvalue weighted by molar-refractivity contribution is 6.01. The van der Waals surface area contributed by atoms with Gasteiger partial charge in [-0.25, -0.2) is 0 Å². The quantitative estimate of drug-likeness (QED) is 0.669. The zero-order chi connectivity index (χ0) is 18.7. The van der Waals surface area contributed by atoms with Gasteiger partial charge in [-0.3, -0.25) is 4.79 Å². The first-order valence-electron chi connectivity index (χ1n) is 8.53. The van der Waals surface area contributed by atoms with Crippen LogP contribution in [0.15, 0.2) is 42.0 Å². The van der Waals surface area contributed by atoms with Crippen LogP contribution in [-0.2, 0) is 17.3 Å². The Bertz CT molecular complexity index is 950. The number of carbonyl (C=O) groups excluding carboxylic acids is 1. The maximum atomic E-state index is 12.5. The summed E-state index contributed by atoms with van der Waals surface area (Å²) >= 11 is 0. The predicted octanol–water partition coefficient (Wildman–Crippen LogP) is 2.96. The first-order chi connectivity index (χ1) is 12.5. The maximum absolute atomic E-state index is 12.5. The van der Waals surface area contributed by atoms with E-state index in [9.17, 15) is 10.1 Å². The Morgan fingerprint density at radius 3 is 2.54 bits per heavy atom. The van der Waals surface area contributed by atoms with Crippen LogP contribution < -0.4 is 5.32 Å². The summed E-state index contributed by atoms with van der Waals surface area (Å²) in [5.41, 5.74) is 3.30. The van der Waals surface area contributed by atoms with Crippen molar-refractivity contribution in [3.8, 4) is 12.1 Å². The third-order valence-electron chi connectivity index (χ3n) is 5.18. The Labute approximate surface area is 153 Å². The van der Waals surface area contributed by atoms with Gasteiger partial charge >= 0.3 is 0 Å². The van der Waals surface area contributed by atoms with E-state index in [1.54, 1.807) is 23.8 Å². The summed E-state index contributed by atoms with van der Waals surface area (Å²) in [5.74, 6) is -0.378. The molecule has 1 aromatic heterocycles. The number of amides is 1. The lowest BCUT2D eigenvalue weighted by molar-refractivity contribution is -0.117. The van der Waals surface area contributed by atoms with Gasteiger partial charge in [0.05, 0.1) is 0 Å². The summed E-state index contributed by atoms with van der Waals surface area (Å²) < 4.78 is 1.74. The number of nitriles is 2. The number of benzene rings is 1. The van der Waals surface area contributed by atoms with E-state index in [4.69, 9.17) is 5.26 Å². The van der Waals surface area contributed by atoms with Crippen LogP contribution in [0.5, 0.6) is 0 Å². The normalized spacial score (nSPS) is 15.0. The fourth-order valence-corrected chi connectivity index (χ4v) is 3.14. The van der Waals surface area contributed by atoms with Crippen molar-refractivity contribution < 1.29 is 4.79 Å². The van der Waals surface area contributed by atoms with E-state index in [0.717, 1.165) is 18.5 Å². The number of rotatable bonds is 5. The average molecular weight is 344 g/mol. The molecule has 1 heterocycles. The number of carbonyl (C=O) groups is 1. The van der Waals surface area contributed by atoms with Gasteiger partial charge in [0, 0.05) is 24.7 Å². The third kappa shape index (κ3) is 3.25. The molecule has 0 bridgehead atoms. The highest BCUT2D eigenvalue weighted by Gasteiger charge is 2.44. The minimum atomic E-state index is -0.378. The fraction of sp³-hybridized carbons (Fsp3) is 0.286. The molecular formula is C21H20N4O. The second-order valence-electron chi connectivity index (χ2n) is 6.74. The summed E-state index contributed by atoms with van der Waals surface area (Å²) in [6, 6.07) is 15.9. The molecular weight excluding hydrogens is 324 g/mol. The molecule has 0 spiro atoms. The molecule has 1 fully saturated rings. The zero-order valence-electron chi connectivity index (χ0n) is 14.9. The molecule has 1 aromatic carbocycles. The van der Waals surface area contributed by atoms with Gasteiger partial charge in [-0.2, -0.15) is 10.5 Å². The van der Waals surface area contributed by atoms with Crippen LogP contribution in [0.2, 0.25) is 0 Å². The second kappa shape index (κ2) is 6.90. The average Bonchev–Trinajstić information content (AvgIpc) is 3.42. The van der Waals surface area contributed by atoms with Crippen LogP contribution >= 0.6 is 0 Å². The van der Waals surface area contributed by atoms with Crippen LogP contribution in [0, 0.1) is 29.6 Å². The van der Waals surface area contributed by atoms with Crippen molar-refractivity contribution in [3.05, 3.63) is 64.5 Å². The topological polar surface area (TPSA) is 81.6 Å². The van der Waals surface area contributed by atoms with Crippen molar-refractivity contribution >= 4 is 12.0 Å². The van der Waals surface area contributed by atoms with Crippen LogP contribution in [0.3, 0.4) is 0 Å². The Hall–Kier alpha value is -3.31. The number of aromatic nitrogens is 1. The van der Waals surface area contributed by atoms with Crippen molar-refractivity contribution in [1.29, 1.82) is 10.5 Å². The Morgan fingerprint density at radius 2 is 2.00 bits per heavy atom. The van der Waals surface area contributed by atoms with E-state index in [0.29, 0.717) is 17.8 Å². The molecule has 5 nitrogen and oxygen atoms in total. The Morgan fingerprint density at radius 1 is 1.31 bits per heavy atom. The largest absolute Gasteiger partial charge is 0.351 e. The van der Waals surface area contributed by atoms with Gasteiger partial charge in [0.15, 0.2) is 0 Å². The molecule has 5 heteroatoms. The molecule has 0 aliphatic heterocycles. The molecule has 1 N–H and O–H groups in total. The number of hydrogen-bond acceptors (Lipinski definition) is 3. The molecule has 130 valence electrons. The minimum absolute atomic E-state index is 0.00583. The van der Waals surface area contributed by atoms with E-state index in [-0.39, 0.29) is 16.9 Å². The SMILES string of the molecule is Cc1c(/C=C(\C#N)C(=O)NCC2(c3ccccc3)CC2)cc(C#N)n1C. The van der Waals surface area contributed by atoms with Crippen molar-refractivity contribution in [3.63, 3.8) is 0 Å². The number of hydrogen-bond donors (Lipinski definition) is 1. The van der Waals surface area contributed by atoms with Crippen molar-refractivity contribution in [2.45, 2.75) is 25.2 Å². The Kier molecular flexibility index (Phi) is 4.65. The van der Waals surface area contributed by atoms with Gasteiger partial charge in [0.1, 0.15) is 23.4 Å². The summed E-state index contributed by atoms with van der Waals surface area (Å²) in [6.45, 7) is 2.38. The number of nitrogens with zero attached hydrogens (tertiary/aromatic N) is 3. The summed E-state index contributed by atoms with van der Waals surface area (Å²) in [7, 11) is 1.79. The molecule has 26 heavy (non-hydrogen) atoms. The Balaban J connectivity index is 1.75. The molecule has 1 saturated carbocycles. The molecule has 0 radical (unpaired) electrons. The summed E-state index contributed by atoms with van der Waals surface area (Å²) in [4.78, 5) is 12.5. The van der Waals surface area contributed by atoms with Crippen molar-refractivity contribution in [1.82, 2.24) is 9.88 Å². The highest BCUT2D eigenvalue weighted by atomic mass is 16.1. The third-order valence-corrected chi connectivity index (χ3v) is 5.18. The maximum Gasteiger partial charge on any atom is 0.261 e. The first kappa shape index (κ1) is 17.5. The lowest BCUT2D eigenvalue weighted by Gasteiger charge is -2.16. The van der Waals surface area contributed by atoms with Crippen LogP contribution in [0.4, 0.5) is 0 Å². The molecule has 0 atom stereocenters. The van der Waals surface area contributed by atoms with Gasteiger partial charge < -0.3 is 9.88 Å². The van der Waals surface area contributed by atoms with Crippen molar-refractivity contribution in [2.75, 3.05) is 6.54 Å². The molecule has 0 saturated heterocycles. The van der Waals surface area contributed by atoms with Gasteiger partial charge in [0.25, 0.3) is 5.91 Å². The lowest BCUT2D eigenvalue weighted by Crippen LogP contribution is -2.32. The van der Waals surface area contributed by atoms with E-state index >= 15 is 0 Å². The smallest absolute Gasteiger partial charge is 0.261 e. The van der Waals surface area contributed by atoms with Gasteiger partial charge in [-0.05, 0) is 43.0 Å². The van der Waals surface area contributed by atoms with E-state index < -0.39 is 0 Å². The molecule has 0 unspecified atom stereocenters. The van der Waals surface area contributed by atoms with Gasteiger partial charge in [0.2, 0.25) is 0 Å². The number of nitrogens with one attached hydrogen (secondary N) is 1. The molecule has 3 rings (SSSR count). The fourth-order valence-electron chi connectivity index (χ4n) is 3.14. The highest BCUT2D eigenvalue weighted by Crippen LogP contribution is 2.47. The standard InChI is InChI=1S/C21H20N4O/c1-15-16(11-19(13-23)25(15)2)10-17(12-22)20(26)24-14-21(8-9-21)18-6-4-3-5-7-18/h3-7,10-11H,8-9,14H2,1-2H3,(H,24,26)/b17-10+. The van der Waals surface area contributed by atoms with Crippen LogP contribution in [-0.4, -0.2) is 17.0 Å². The summed E-state index contributed by atoms with van der Waals surface area (Å²) in [5, 5.41) is 21.4. The van der Waals surface area contributed by atoms with Gasteiger partial charge in [-0.1, -0.05) is 30.3 Å². The predicted molar refractivity (Wildman–Crippen MR) is 98.8 cm³/mol. The monoisotopic (exact) mass is 344 g/mol. The van der Waals surface area contributed by atoms with E-state index in [2.05, 4.69) is 23.5 Å². The van der Waals surface area contributed by atoms with Gasteiger partial charge in [-0.15, -0.1) is 0 Å². The first-order valence-corrected chi connectivity index (χ1v) is 8.53.